The van der Waals surface area contributed by atoms with Crippen molar-refractivity contribution in [1.82, 2.24) is 5.32 Å². The smallest absolute Gasteiger partial charge is 0.257 e. The number of ether oxygens (including phenoxy) is 1. The molecule has 1 amide bonds. The molecule has 3 rings (SSSR count). The average molecular weight is 414 g/mol. The predicted molar refractivity (Wildman–Crippen MR) is 116 cm³/mol. The molecule has 1 aromatic carbocycles. The van der Waals surface area contributed by atoms with E-state index in [1.54, 1.807) is 29.5 Å². The van der Waals surface area contributed by atoms with E-state index in [4.69, 9.17) is 17.0 Å². The van der Waals surface area contributed by atoms with Gasteiger partial charge in [0.25, 0.3) is 5.91 Å². The molecule has 2 aromatic rings. The summed E-state index contributed by atoms with van der Waals surface area (Å²) >= 11 is 6.87. The maximum atomic E-state index is 12.5. The summed E-state index contributed by atoms with van der Waals surface area (Å²) in [6, 6.07) is 9.26. The fraction of sp³-hybridized carbons (Fsp3) is 0.381. The van der Waals surface area contributed by atoms with Gasteiger partial charge in [-0.15, -0.1) is 11.3 Å². The lowest BCUT2D eigenvalue weighted by atomic mass is 9.89. The van der Waals surface area contributed by atoms with E-state index in [2.05, 4.69) is 23.6 Å². The second kappa shape index (κ2) is 8.72. The number of thiophene rings is 1. The van der Waals surface area contributed by atoms with Gasteiger partial charge in [-0.2, -0.15) is 5.26 Å². The molecule has 1 heterocycles. The molecular formula is C21H23N3O2S2. The molecule has 0 radical (unpaired) electrons. The molecular weight excluding hydrogens is 390 g/mol. The Hall–Kier alpha value is -2.43. The lowest BCUT2D eigenvalue weighted by Crippen LogP contribution is -2.34. The monoisotopic (exact) mass is 413 g/mol. The fourth-order valence-corrected chi connectivity index (χ4v) is 4.87. The molecule has 28 heavy (non-hydrogen) atoms. The van der Waals surface area contributed by atoms with Gasteiger partial charge in [-0.1, -0.05) is 13.0 Å². The number of hydrogen-bond donors (Lipinski definition) is 2. The lowest BCUT2D eigenvalue weighted by molar-refractivity contribution is 0.0977. The van der Waals surface area contributed by atoms with Crippen molar-refractivity contribution in [3.05, 3.63) is 45.8 Å². The van der Waals surface area contributed by atoms with Gasteiger partial charge < -0.3 is 10.1 Å². The minimum Gasteiger partial charge on any atom is -0.491 e. The van der Waals surface area contributed by atoms with Crippen molar-refractivity contribution < 1.29 is 9.53 Å². The Morgan fingerprint density at radius 1 is 1.43 bits per heavy atom. The first-order chi connectivity index (χ1) is 13.4. The highest BCUT2D eigenvalue weighted by molar-refractivity contribution is 7.80. The number of thiocarbonyl (C=S) groups is 1. The second-order valence-corrected chi connectivity index (χ2v) is 8.78. The molecule has 0 unspecified atom stereocenters. The lowest BCUT2D eigenvalue weighted by Gasteiger charge is -2.17. The van der Waals surface area contributed by atoms with Gasteiger partial charge in [0.15, 0.2) is 5.11 Å². The van der Waals surface area contributed by atoms with Crippen LogP contribution in [0.1, 0.15) is 53.6 Å². The Morgan fingerprint density at radius 2 is 2.21 bits per heavy atom. The number of carbonyl (C=O) groups is 1. The summed E-state index contributed by atoms with van der Waals surface area (Å²) in [6.45, 7) is 6.09. The van der Waals surface area contributed by atoms with Crippen molar-refractivity contribution in [2.45, 2.75) is 46.1 Å². The number of nitrogens with zero attached hydrogens (tertiary/aromatic N) is 1. The van der Waals surface area contributed by atoms with Crippen LogP contribution in [0.5, 0.6) is 5.75 Å². The summed E-state index contributed by atoms with van der Waals surface area (Å²) in [5.41, 5.74) is 2.23. The van der Waals surface area contributed by atoms with Crippen LogP contribution >= 0.6 is 23.6 Å². The van der Waals surface area contributed by atoms with Crippen LogP contribution in [0.4, 0.5) is 5.00 Å². The zero-order valence-corrected chi connectivity index (χ0v) is 17.8. The van der Waals surface area contributed by atoms with E-state index in [0.29, 0.717) is 27.8 Å². The molecule has 2 N–H and O–H groups in total. The summed E-state index contributed by atoms with van der Waals surface area (Å²) in [5.74, 6) is 0.936. The maximum absolute atomic E-state index is 12.5. The number of amides is 1. The average Bonchev–Trinajstić information content (AvgIpc) is 2.96. The van der Waals surface area contributed by atoms with Crippen LogP contribution in [0.3, 0.4) is 0 Å². The minimum atomic E-state index is -0.319. The molecule has 1 aliphatic rings. The Balaban J connectivity index is 1.69. The third-order valence-corrected chi connectivity index (χ3v) is 5.92. The van der Waals surface area contributed by atoms with E-state index in [1.807, 2.05) is 19.9 Å². The minimum absolute atomic E-state index is 0.0260. The fourth-order valence-electron chi connectivity index (χ4n) is 3.25. The van der Waals surface area contributed by atoms with Gasteiger partial charge in [-0.25, -0.2) is 0 Å². The van der Waals surface area contributed by atoms with Crippen LogP contribution in [0.15, 0.2) is 24.3 Å². The van der Waals surface area contributed by atoms with Crippen molar-refractivity contribution in [3.8, 4) is 11.8 Å². The van der Waals surface area contributed by atoms with Crippen LogP contribution in [0.25, 0.3) is 0 Å². The number of nitriles is 1. The normalized spacial score (nSPS) is 15.5. The molecule has 0 spiro atoms. The number of hydrogen-bond acceptors (Lipinski definition) is 5. The molecule has 0 fully saturated rings. The summed E-state index contributed by atoms with van der Waals surface area (Å²) in [4.78, 5) is 13.8. The largest absolute Gasteiger partial charge is 0.491 e. The highest BCUT2D eigenvalue weighted by atomic mass is 32.1. The highest BCUT2D eigenvalue weighted by Gasteiger charge is 2.24. The van der Waals surface area contributed by atoms with Gasteiger partial charge in [0, 0.05) is 10.4 Å². The van der Waals surface area contributed by atoms with E-state index < -0.39 is 0 Å². The highest BCUT2D eigenvalue weighted by Crippen LogP contribution is 2.39. The van der Waals surface area contributed by atoms with Gasteiger partial charge in [0.2, 0.25) is 0 Å². The van der Waals surface area contributed by atoms with Crippen molar-refractivity contribution in [1.29, 1.82) is 5.26 Å². The van der Waals surface area contributed by atoms with Crippen LogP contribution in [0.2, 0.25) is 0 Å². The molecule has 1 aromatic heterocycles. The molecule has 0 saturated heterocycles. The van der Waals surface area contributed by atoms with E-state index in [0.717, 1.165) is 24.8 Å². The van der Waals surface area contributed by atoms with E-state index in [9.17, 15) is 10.1 Å². The van der Waals surface area contributed by atoms with Crippen LogP contribution in [0, 0.1) is 17.2 Å². The molecule has 0 bridgehead atoms. The first-order valence-corrected chi connectivity index (χ1v) is 10.5. The van der Waals surface area contributed by atoms with Gasteiger partial charge in [-0.05, 0) is 75.0 Å². The topological polar surface area (TPSA) is 74.2 Å². The SMILES string of the molecule is CC(C)Oc1cccc(C(=O)NC(=S)Nc2sc3c(c2C#N)CC[C@H](C)C3)c1. The number of fused-ring (bicyclic) bond motifs is 1. The second-order valence-electron chi connectivity index (χ2n) is 7.27. The predicted octanol–water partition coefficient (Wildman–Crippen LogP) is 4.66. The van der Waals surface area contributed by atoms with Crippen LogP contribution in [-0.2, 0) is 12.8 Å². The summed E-state index contributed by atoms with van der Waals surface area (Å²) in [5, 5.41) is 16.2. The Kier molecular flexibility index (Phi) is 6.32. The first kappa shape index (κ1) is 20.3. The summed E-state index contributed by atoms with van der Waals surface area (Å²) in [6.07, 6.45) is 3.02. The van der Waals surface area contributed by atoms with Gasteiger partial charge in [0.05, 0.1) is 11.7 Å². The molecule has 0 saturated carbocycles. The van der Waals surface area contributed by atoms with Crippen molar-refractivity contribution in [2.24, 2.45) is 5.92 Å². The molecule has 1 atom stereocenters. The third kappa shape index (κ3) is 4.70. The number of anilines is 1. The van der Waals surface area contributed by atoms with Gasteiger partial charge in [-0.3, -0.25) is 10.1 Å². The summed E-state index contributed by atoms with van der Waals surface area (Å²) in [7, 11) is 0. The number of carbonyl (C=O) groups excluding carboxylic acids is 1. The van der Waals surface area contributed by atoms with E-state index in [1.165, 1.54) is 4.88 Å². The molecule has 0 aliphatic heterocycles. The summed E-state index contributed by atoms with van der Waals surface area (Å²) < 4.78 is 5.63. The molecule has 146 valence electrons. The molecule has 1 aliphatic carbocycles. The van der Waals surface area contributed by atoms with Crippen molar-refractivity contribution in [3.63, 3.8) is 0 Å². The number of benzene rings is 1. The maximum Gasteiger partial charge on any atom is 0.257 e. The van der Waals surface area contributed by atoms with Gasteiger partial charge >= 0.3 is 0 Å². The zero-order chi connectivity index (χ0) is 20.3. The molecule has 7 heteroatoms. The Morgan fingerprint density at radius 3 is 2.93 bits per heavy atom. The van der Waals surface area contributed by atoms with Gasteiger partial charge in [0.1, 0.15) is 16.8 Å². The Labute approximate surface area is 174 Å². The van der Waals surface area contributed by atoms with Crippen molar-refractivity contribution in [2.75, 3.05) is 5.32 Å². The van der Waals surface area contributed by atoms with E-state index >= 15 is 0 Å². The van der Waals surface area contributed by atoms with Crippen LogP contribution < -0.4 is 15.4 Å². The number of rotatable bonds is 4. The third-order valence-electron chi connectivity index (χ3n) is 4.55. The number of nitrogens with one attached hydrogen (secondary N) is 2. The van der Waals surface area contributed by atoms with Crippen molar-refractivity contribution >= 4 is 39.6 Å². The molecule has 5 nitrogen and oxygen atoms in total. The van der Waals surface area contributed by atoms with Crippen LogP contribution in [-0.4, -0.2) is 17.1 Å². The first-order valence-electron chi connectivity index (χ1n) is 9.31. The standard InChI is InChI=1S/C21H23N3O2S2/c1-12(2)26-15-6-4-5-14(10-15)19(25)23-21(27)24-20-17(11-22)16-8-7-13(3)9-18(16)28-20/h4-6,10,12-13H,7-9H2,1-3H3,(H2,23,24,25,27)/t13-/m0/s1. The van der Waals surface area contributed by atoms with E-state index in [-0.39, 0.29) is 17.1 Å². The quantitative estimate of drug-likeness (QED) is 0.713. The Bertz CT molecular complexity index is 944. The zero-order valence-electron chi connectivity index (χ0n) is 16.2.